The standard InChI is InChI=1S/C16H17BrN2O/c1-9-6-11(3)15(14(17)7-9)19-16(20)13-5-4-12(18)8-10(13)2/h4-8H,18H2,1-3H3,(H,19,20). The van der Waals surface area contributed by atoms with Crippen molar-refractivity contribution in [2.75, 3.05) is 11.1 Å². The highest BCUT2D eigenvalue weighted by Gasteiger charge is 2.13. The molecule has 0 aliphatic rings. The molecule has 0 aliphatic carbocycles. The van der Waals surface area contributed by atoms with Gasteiger partial charge in [0.2, 0.25) is 0 Å². The lowest BCUT2D eigenvalue weighted by Gasteiger charge is -2.13. The first-order valence-electron chi connectivity index (χ1n) is 6.32. The van der Waals surface area contributed by atoms with E-state index in [1.165, 1.54) is 0 Å². The van der Waals surface area contributed by atoms with Crippen molar-refractivity contribution >= 4 is 33.2 Å². The minimum atomic E-state index is -0.129. The van der Waals surface area contributed by atoms with Gasteiger partial charge in [0.05, 0.1) is 5.69 Å². The highest BCUT2D eigenvalue weighted by atomic mass is 79.9. The first kappa shape index (κ1) is 14.6. The molecule has 0 spiro atoms. The number of hydrogen-bond donors (Lipinski definition) is 2. The summed E-state index contributed by atoms with van der Waals surface area (Å²) >= 11 is 3.49. The minimum Gasteiger partial charge on any atom is -0.399 e. The van der Waals surface area contributed by atoms with Crippen molar-refractivity contribution in [2.24, 2.45) is 0 Å². The molecule has 0 saturated carbocycles. The van der Waals surface area contributed by atoms with E-state index in [0.717, 1.165) is 26.9 Å². The fourth-order valence-electron chi connectivity index (χ4n) is 2.20. The Morgan fingerprint density at radius 2 is 1.80 bits per heavy atom. The number of amides is 1. The van der Waals surface area contributed by atoms with Gasteiger partial charge in [0.1, 0.15) is 0 Å². The van der Waals surface area contributed by atoms with E-state index in [0.29, 0.717) is 11.3 Å². The van der Waals surface area contributed by atoms with Gasteiger partial charge >= 0.3 is 0 Å². The fraction of sp³-hybridized carbons (Fsp3) is 0.188. The van der Waals surface area contributed by atoms with Crippen LogP contribution in [0.25, 0.3) is 0 Å². The number of carbonyl (C=O) groups is 1. The van der Waals surface area contributed by atoms with Crippen LogP contribution < -0.4 is 11.1 Å². The predicted octanol–water partition coefficient (Wildman–Crippen LogP) is 4.21. The van der Waals surface area contributed by atoms with Gasteiger partial charge in [0, 0.05) is 15.7 Å². The highest BCUT2D eigenvalue weighted by molar-refractivity contribution is 9.10. The Kier molecular flexibility index (Phi) is 4.14. The lowest BCUT2D eigenvalue weighted by atomic mass is 10.1. The van der Waals surface area contributed by atoms with Gasteiger partial charge in [0.15, 0.2) is 0 Å². The summed E-state index contributed by atoms with van der Waals surface area (Å²) < 4.78 is 0.886. The summed E-state index contributed by atoms with van der Waals surface area (Å²) in [7, 11) is 0. The molecule has 2 aromatic rings. The maximum Gasteiger partial charge on any atom is 0.255 e. The molecule has 0 aromatic heterocycles. The Morgan fingerprint density at radius 3 is 2.40 bits per heavy atom. The van der Waals surface area contributed by atoms with Gasteiger partial charge in [-0.25, -0.2) is 0 Å². The first-order valence-corrected chi connectivity index (χ1v) is 7.12. The summed E-state index contributed by atoms with van der Waals surface area (Å²) in [5.74, 6) is -0.129. The van der Waals surface area contributed by atoms with E-state index in [1.54, 1.807) is 18.2 Å². The van der Waals surface area contributed by atoms with Crippen LogP contribution in [0.1, 0.15) is 27.0 Å². The second kappa shape index (κ2) is 5.67. The third kappa shape index (κ3) is 3.02. The number of halogens is 1. The summed E-state index contributed by atoms with van der Waals surface area (Å²) in [6, 6.07) is 9.30. The fourth-order valence-corrected chi connectivity index (χ4v) is 2.97. The number of nitrogen functional groups attached to an aromatic ring is 1. The Morgan fingerprint density at radius 1 is 1.10 bits per heavy atom. The van der Waals surface area contributed by atoms with Crippen LogP contribution in [-0.4, -0.2) is 5.91 Å². The first-order chi connectivity index (χ1) is 9.38. The van der Waals surface area contributed by atoms with Gasteiger partial charge < -0.3 is 11.1 Å². The van der Waals surface area contributed by atoms with Crippen molar-refractivity contribution in [1.29, 1.82) is 0 Å². The molecule has 20 heavy (non-hydrogen) atoms. The monoisotopic (exact) mass is 332 g/mol. The molecule has 0 saturated heterocycles. The van der Waals surface area contributed by atoms with E-state index in [2.05, 4.69) is 21.2 Å². The van der Waals surface area contributed by atoms with Crippen molar-refractivity contribution < 1.29 is 4.79 Å². The van der Waals surface area contributed by atoms with Crippen LogP contribution in [0.4, 0.5) is 11.4 Å². The summed E-state index contributed by atoms with van der Waals surface area (Å²) in [4.78, 5) is 12.4. The molecule has 0 aliphatic heterocycles. The largest absolute Gasteiger partial charge is 0.399 e. The number of nitrogens with two attached hydrogens (primary N) is 1. The maximum atomic E-state index is 12.4. The number of hydrogen-bond acceptors (Lipinski definition) is 2. The van der Waals surface area contributed by atoms with Crippen LogP contribution in [-0.2, 0) is 0 Å². The predicted molar refractivity (Wildman–Crippen MR) is 87.2 cm³/mol. The van der Waals surface area contributed by atoms with E-state index >= 15 is 0 Å². The van der Waals surface area contributed by atoms with Crippen molar-refractivity contribution in [3.63, 3.8) is 0 Å². The second-order valence-electron chi connectivity index (χ2n) is 4.97. The molecule has 0 bridgehead atoms. The van der Waals surface area contributed by atoms with Crippen LogP contribution in [0.2, 0.25) is 0 Å². The third-order valence-electron chi connectivity index (χ3n) is 3.17. The van der Waals surface area contributed by atoms with E-state index in [4.69, 9.17) is 5.73 Å². The molecule has 0 heterocycles. The second-order valence-corrected chi connectivity index (χ2v) is 5.82. The van der Waals surface area contributed by atoms with Gasteiger partial charge in [-0.05, 0) is 77.7 Å². The zero-order chi connectivity index (χ0) is 14.9. The smallest absolute Gasteiger partial charge is 0.255 e. The zero-order valence-electron chi connectivity index (χ0n) is 11.8. The normalized spacial score (nSPS) is 10.4. The van der Waals surface area contributed by atoms with Crippen molar-refractivity contribution in [3.8, 4) is 0 Å². The average molecular weight is 333 g/mol. The van der Waals surface area contributed by atoms with Crippen LogP contribution in [0.3, 0.4) is 0 Å². The van der Waals surface area contributed by atoms with Gasteiger partial charge in [-0.2, -0.15) is 0 Å². The van der Waals surface area contributed by atoms with E-state index < -0.39 is 0 Å². The van der Waals surface area contributed by atoms with Crippen LogP contribution in [0.15, 0.2) is 34.8 Å². The topological polar surface area (TPSA) is 55.1 Å². The summed E-state index contributed by atoms with van der Waals surface area (Å²) in [6.07, 6.45) is 0. The average Bonchev–Trinajstić information content (AvgIpc) is 2.33. The van der Waals surface area contributed by atoms with Gasteiger partial charge in [-0.15, -0.1) is 0 Å². The molecule has 3 N–H and O–H groups in total. The number of benzene rings is 2. The van der Waals surface area contributed by atoms with Crippen LogP contribution in [0.5, 0.6) is 0 Å². The molecular formula is C16H17BrN2O. The maximum absolute atomic E-state index is 12.4. The molecule has 3 nitrogen and oxygen atoms in total. The van der Waals surface area contributed by atoms with Crippen molar-refractivity contribution in [3.05, 3.63) is 57.1 Å². The molecule has 1 amide bonds. The summed E-state index contributed by atoms with van der Waals surface area (Å²) in [5, 5.41) is 2.96. The SMILES string of the molecule is Cc1cc(C)c(NC(=O)c2ccc(N)cc2C)c(Br)c1. The van der Waals surface area contributed by atoms with Crippen molar-refractivity contribution in [1.82, 2.24) is 0 Å². The molecule has 0 unspecified atom stereocenters. The Hall–Kier alpha value is -1.81. The van der Waals surface area contributed by atoms with Crippen molar-refractivity contribution in [2.45, 2.75) is 20.8 Å². The van der Waals surface area contributed by atoms with Crippen LogP contribution >= 0.6 is 15.9 Å². The Labute approximate surface area is 127 Å². The number of carbonyl (C=O) groups excluding carboxylic acids is 1. The number of rotatable bonds is 2. The number of anilines is 2. The molecule has 2 aromatic carbocycles. The third-order valence-corrected chi connectivity index (χ3v) is 3.79. The van der Waals surface area contributed by atoms with Gasteiger partial charge in [-0.3, -0.25) is 4.79 Å². The van der Waals surface area contributed by atoms with E-state index in [1.807, 2.05) is 32.9 Å². The molecule has 104 valence electrons. The molecule has 0 atom stereocenters. The number of nitrogens with one attached hydrogen (secondary N) is 1. The highest BCUT2D eigenvalue weighted by Crippen LogP contribution is 2.28. The molecular weight excluding hydrogens is 316 g/mol. The molecule has 4 heteroatoms. The van der Waals surface area contributed by atoms with Crippen LogP contribution in [0, 0.1) is 20.8 Å². The van der Waals surface area contributed by atoms with E-state index in [9.17, 15) is 4.79 Å². The summed E-state index contributed by atoms with van der Waals surface area (Å²) in [6.45, 7) is 5.87. The van der Waals surface area contributed by atoms with Gasteiger partial charge in [0.25, 0.3) is 5.91 Å². The zero-order valence-corrected chi connectivity index (χ0v) is 13.3. The van der Waals surface area contributed by atoms with Gasteiger partial charge in [-0.1, -0.05) is 6.07 Å². The molecule has 0 fully saturated rings. The lowest BCUT2D eigenvalue weighted by molar-refractivity contribution is 0.102. The molecule has 2 rings (SSSR count). The van der Waals surface area contributed by atoms with E-state index in [-0.39, 0.29) is 5.91 Å². The minimum absolute atomic E-state index is 0.129. The quantitative estimate of drug-likeness (QED) is 0.809. The summed E-state index contributed by atoms with van der Waals surface area (Å²) in [5.41, 5.74) is 10.8. The Balaban J connectivity index is 2.33. The Bertz CT molecular complexity index is 657. The number of aryl methyl sites for hydroxylation is 3. The lowest BCUT2D eigenvalue weighted by Crippen LogP contribution is -2.15. The molecule has 0 radical (unpaired) electrons.